The van der Waals surface area contributed by atoms with Crippen LogP contribution in [0, 0.1) is 26.0 Å². The molecule has 5 aromatic carbocycles. The van der Waals surface area contributed by atoms with Crippen molar-refractivity contribution in [1.82, 2.24) is 14.5 Å². The number of hydrogen-bond donors (Lipinski definition) is 0. The molecule has 0 unspecified atom stereocenters. The second kappa shape index (κ2) is 13.3. The van der Waals surface area contributed by atoms with Gasteiger partial charge in [0.25, 0.3) is 0 Å². The maximum absolute atomic E-state index is 8.02. The summed E-state index contributed by atoms with van der Waals surface area (Å²) in [6, 6.07) is 43.1. The number of furan rings is 1. The number of benzene rings is 5. The van der Waals surface area contributed by atoms with Gasteiger partial charge < -0.3 is 14.0 Å². The van der Waals surface area contributed by atoms with Crippen LogP contribution in [0.4, 0.5) is 0 Å². The van der Waals surface area contributed by atoms with Crippen molar-refractivity contribution < 1.29 is 34.1 Å². The second-order valence-corrected chi connectivity index (χ2v) is 10.1. The van der Waals surface area contributed by atoms with E-state index >= 15 is 0 Å². The van der Waals surface area contributed by atoms with Gasteiger partial charge in [-0.05, 0) is 53.5 Å². The minimum atomic E-state index is -2.18. The molecule has 221 valence electrons. The molecule has 0 aliphatic heterocycles. The molecule has 45 heavy (non-hydrogen) atoms. The van der Waals surface area contributed by atoms with Crippen LogP contribution >= 0.6 is 0 Å². The molecule has 4 nitrogen and oxygen atoms in total. The molecule has 0 saturated heterocycles. The number of pyridine rings is 1. The van der Waals surface area contributed by atoms with Crippen molar-refractivity contribution in [3.63, 3.8) is 0 Å². The molecule has 3 aromatic heterocycles. The zero-order valence-corrected chi connectivity index (χ0v) is 26.2. The number of hydrogen-bond acceptors (Lipinski definition) is 3. The van der Waals surface area contributed by atoms with Crippen LogP contribution in [-0.4, -0.2) is 14.5 Å². The summed E-state index contributed by atoms with van der Waals surface area (Å²) in [7, 11) is 0. The van der Waals surface area contributed by atoms with Gasteiger partial charge in [0.1, 0.15) is 0 Å². The summed E-state index contributed by atoms with van der Waals surface area (Å²) in [5.41, 5.74) is 8.26. The Balaban J connectivity index is 0.000000193. The summed E-state index contributed by atoms with van der Waals surface area (Å²) >= 11 is 0. The predicted molar refractivity (Wildman–Crippen MR) is 179 cm³/mol. The summed E-state index contributed by atoms with van der Waals surface area (Å²) in [5, 5.41) is 0.838. The molecule has 0 atom stereocenters. The van der Waals surface area contributed by atoms with E-state index in [0.29, 0.717) is 22.9 Å². The zero-order chi connectivity index (χ0) is 35.8. The van der Waals surface area contributed by atoms with E-state index in [0.717, 1.165) is 39.1 Å². The van der Waals surface area contributed by atoms with E-state index in [1.807, 2.05) is 36.4 Å². The normalized spacial score (nSPS) is 13.6. The summed E-state index contributed by atoms with van der Waals surface area (Å²) in [5.74, 6) is 0.748. The number of imidazole rings is 1. The van der Waals surface area contributed by atoms with E-state index in [-0.39, 0.29) is 31.2 Å². The van der Waals surface area contributed by atoms with Gasteiger partial charge in [-0.1, -0.05) is 103 Å². The number of aromatic nitrogens is 3. The van der Waals surface area contributed by atoms with Crippen molar-refractivity contribution in [2.75, 3.05) is 0 Å². The average Bonchev–Trinajstić information content (AvgIpc) is 3.73. The Labute approximate surface area is 286 Å². The van der Waals surface area contributed by atoms with E-state index < -0.39 is 13.7 Å². The van der Waals surface area contributed by atoms with E-state index in [2.05, 4.69) is 64.3 Å². The molecule has 0 N–H and O–H groups in total. The standard InChI is InChI=1S/C27H17N2O.C13H12N.Ir/c1-2-8-19(9-3-1)20-14-16-21(17-15-20)29-25-12-6-5-11-24(25)28-27(29)23-18-30-26-13-7-4-10-22(23)26;1-10-3-6-12(7-4-10)13-8-5-11(2)9-14-13;/h1-17H;3-6,8-9H,1-2H3;/q2*-1;/i4D;1D3,2D3;. The quantitative estimate of drug-likeness (QED) is 0.168. The molecular formula is C40H29IrN3O-2. The molecule has 0 bridgehead atoms. The number of rotatable bonds is 4. The third kappa shape index (κ3) is 6.27. The number of nitrogens with zero attached hydrogens (tertiary/aromatic N) is 3. The maximum Gasteiger partial charge on any atom is 0.0774 e. The first kappa shape index (κ1) is 22.4. The van der Waals surface area contributed by atoms with Crippen LogP contribution in [0.1, 0.15) is 20.7 Å². The molecule has 0 aliphatic carbocycles. The average molecular weight is 767 g/mol. The first-order chi connectivity index (χ1) is 24.5. The molecule has 3 heterocycles. The topological polar surface area (TPSA) is 43.9 Å². The van der Waals surface area contributed by atoms with Gasteiger partial charge in [-0.3, -0.25) is 4.98 Å². The van der Waals surface area contributed by atoms with Crippen LogP contribution in [0.5, 0.6) is 0 Å². The fraction of sp³-hybridized carbons (Fsp3) is 0.0500. The van der Waals surface area contributed by atoms with Crippen molar-refractivity contribution in [2.45, 2.75) is 13.7 Å². The molecular weight excluding hydrogens is 731 g/mol. The van der Waals surface area contributed by atoms with E-state index in [9.17, 15) is 0 Å². The van der Waals surface area contributed by atoms with Crippen molar-refractivity contribution in [3.8, 4) is 39.5 Å². The van der Waals surface area contributed by atoms with Gasteiger partial charge >= 0.3 is 0 Å². The Hall–Kier alpha value is -5.09. The van der Waals surface area contributed by atoms with E-state index in [1.54, 1.807) is 30.3 Å². The smallest absolute Gasteiger partial charge is 0.0774 e. The third-order valence-electron chi connectivity index (χ3n) is 7.23. The van der Waals surface area contributed by atoms with Crippen molar-refractivity contribution in [3.05, 3.63) is 163 Å². The van der Waals surface area contributed by atoms with Gasteiger partial charge in [-0.15, -0.1) is 41.5 Å². The fourth-order valence-electron chi connectivity index (χ4n) is 5.05. The van der Waals surface area contributed by atoms with Crippen LogP contribution in [0.2, 0.25) is 0 Å². The van der Waals surface area contributed by atoms with Crippen LogP contribution in [0.25, 0.3) is 61.5 Å². The van der Waals surface area contributed by atoms with Gasteiger partial charge in [0.05, 0.1) is 18.2 Å². The molecule has 1 radical (unpaired) electrons. The molecule has 0 amide bonds. The van der Waals surface area contributed by atoms with Crippen LogP contribution < -0.4 is 0 Å². The van der Waals surface area contributed by atoms with Gasteiger partial charge in [-0.25, -0.2) is 0 Å². The molecule has 0 spiro atoms. The molecule has 5 heteroatoms. The van der Waals surface area contributed by atoms with Gasteiger partial charge in [0.2, 0.25) is 0 Å². The molecule has 0 aliphatic rings. The first-order valence-electron chi connectivity index (χ1n) is 17.5. The summed E-state index contributed by atoms with van der Waals surface area (Å²) in [6.07, 6.45) is 4.32. The van der Waals surface area contributed by atoms with Gasteiger partial charge in [0.15, 0.2) is 0 Å². The van der Waals surface area contributed by atoms with Crippen LogP contribution in [0.15, 0.2) is 144 Å². The summed E-state index contributed by atoms with van der Waals surface area (Å²) in [6.45, 7) is -4.34. The predicted octanol–water partition coefficient (Wildman–Crippen LogP) is 10.1. The third-order valence-corrected chi connectivity index (χ3v) is 7.23. The monoisotopic (exact) mass is 767 g/mol. The molecule has 8 rings (SSSR count). The van der Waals surface area contributed by atoms with Gasteiger partial charge in [0, 0.05) is 52.1 Å². The molecule has 8 aromatic rings. The SMILES string of the molecule is [2H]C([2H])([2H])c1c[c-]c(-c2ccc(C([2H])([2H])[2H])cn2)cc1.[2H]c1ccc2o[c-]c(-c3nc4ccccc4n3-c3ccc(-c4ccccc4)cc3)c2c1.[Ir]. The van der Waals surface area contributed by atoms with E-state index in [1.165, 1.54) is 30.0 Å². The second-order valence-electron chi connectivity index (χ2n) is 10.1. The Morgan fingerprint density at radius 2 is 1.53 bits per heavy atom. The largest absolute Gasteiger partial charge is 0.557 e. The van der Waals surface area contributed by atoms with E-state index in [4.69, 9.17) is 19.0 Å². The summed E-state index contributed by atoms with van der Waals surface area (Å²) < 4.78 is 59.5. The number of fused-ring (bicyclic) bond motifs is 2. The Kier molecular flexibility index (Phi) is 6.61. The summed E-state index contributed by atoms with van der Waals surface area (Å²) in [4.78, 5) is 8.98. The molecule has 0 saturated carbocycles. The Morgan fingerprint density at radius 3 is 2.29 bits per heavy atom. The minimum absolute atomic E-state index is 0. The number of aryl methyl sites for hydroxylation is 2. The Morgan fingerprint density at radius 1 is 0.756 bits per heavy atom. The van der Waals surface area contributed by atoms with Crippen molar-refractivity contribution in [1.29, 1.82) is 0 Å². The molecule has 0 fully saturated rings. The Bertz CT molecular complexity index is 2380. The van der Waals surface area contributed by atoms with Crippen molar-refractivity contribution in [2.24, 2.45) is 0 Å². The van der Waals surface area contributed by atoms with Crippen molar-refractivity contribution >= 4 is 22.0 Å². The number of para-hydroxylation sites is 3. The first-order valence-corrected chi connectivity index (χ1v) is 14.0. The maximum atomic E-state index is 8.02. The fourth-order valence-corrected chi connectivity index (χ4v) is 5.05. The van der Waals surface area contributed by atoms with Crippen LogP contribution in [-0.2, 0) is 20.1 Å². The minimum Gasteiger partial charge on any atom is -0.557 e. The van der Waals surface area contributed by atoms with Crippen LogP contribution in [0.3, 0.4) is 0 Å². The van der Waals surface area contributed by atoms with Gasteiger partial charge in [-0.2, -0.15) is 0 Å². The zero-order valence-electron chi connectivity index (χ0n) is 30.8.